The number of amides is 1. The number of nitrogens with zero attached hydrogens (tertiary/aromatic N) is 3. The number of carbonyl (C=O) groups excluding carboxylic acids is 1. The van der Waals surface area contributed by atoms with E-state index < -0.39 is 5.95 Å². The van der Waals surface area contributed by atoms with Crippen molar-refractivity contribution in [3.05, 3.63) is 47.8 Å². The van der Waals surface area contributed by atoms with Crippen molar-refractivity contribution in [3.8, 4) is 0 Å². The molecule has 1 N–H and O–H groups in total. The van der Waals surface area contributed by atoms with Crippen LogP contribution >= 0.6 is 0 Å². The fraction of sp³-hybridized carbons (Fsp3) is 0.250. The predicted octanol–water partition coefficient (Wildman–Crippen LogP) is 0.927. The van der Waals surface area contributed by atoms with Gasteiger partial charge in [-0.1, -0.05) is 0 Å². The highest BCUT2D eigenvalue weighted by molar-refractivity contribution is 5.93. The van der Waals surface area contributed by atoms with E-state index in [2.05, 4.69) is 15.4 Å². The van der Waals surface area contributed by atoms with Crippen LogP contribution in [0.3, 0.4) is 0 Å². The summed E-state index contributed by atoms with van der Waals surface area (Å²) in [6.45, 7) is 0.475. The molecular formula is C12H13FN4O. The third-order valence-electron chi connectivity index (χ3n) is 2.58. The molecule has 0 saturated carbocycles. The third-order valence-corrected chi connectivity index (χ3v) is 2.58. The molecule has 2 heterocycles. The molecule has 1 amide bonds. The van der Waals surface area contributed by atoms with E-state index in [1.165, 1.54) is 12.3 Å². The Morgan fingerprint density at radius 1 is 1.44 bits per heavy atom. The maximum atomic E-state index is 12.8. The Hall–Kier alpha value is -2.24. The molecule has 0 saturated heterocycles. The lowest BCUT2D eigenvalue weighted by Gasteiger charge is -2.05. The minimum Gasteiger partial charge on any atom is -0.352 e. The van der Waals surface area contributed by atoms with E-state index in [0.29, 0.717) is 13.0 Å². The Kier molecular flexibility index (Phi) is 3.66. The van der Waals surface area contributed by atoms with Crippen molar-refractivity contribution in [3.63, 3.8) is 0 Å². The predicted molar refractivity (Wildman–Crippen MR) is 63.4 cm³/mol. The summed E-state index contributed by atoms with van der Waals surface area (Å²) >= 11 is 0. The van der Waals surface area contributed by atoms with Gasteiger partial charge in [-0.3, -0.25) is 9.48 Å². The van der Waals surface area contributed by atoms with E-state index in [-0.39, 0.29) is 11.5 Å². The molecular weight excluding hydrogens is 235 g/mol. The molecule has 0 spiro atoms. The van der Waals surface area contributed by atoms with Crippen LogP contribution in [-0.2, 0) is 13.5 Å². The summed E-state index contributed by atoms with van der Waals surface area (Å²) < 4.78 is 14.6. The molecule has 0 aliphatic carbocycles. The fourth-order valence-corrected chi connectivity index (χ4v) is 1.60. The lowest BCUT2D eigenvalue weighted by molar-refractivity contribution is 0.0953. The maximum absolute atomic E-state index is 12.8. The summed E-state index contributed by atoms with van der Waals surface area (Å²) in [6, 6.07) is 4.47. The molecule has 2 rings (SSSR count). The molecule has 0 aliphatic rings. The molecule has 0 unspecified atom stereocenters. The van der Waals surface area contributed by atoms with E-state index >= 15 is 0 Å². The lowest BCUT2D eigenvalue weighted by atomic mass is 10.2. The Balaban J connectivity index is 1.87. The van der Waals surface area contributed by atoms with Crippen LogP contribution in [0.25, 0.3) is 0 Å². The first-order valence-corrected chi connectivity index (χ1v) is 5.53. The van der Waals surface area contributed by atoms with Gasteiger partial charge in [0.25, 0.3) is 5.91 Å². The van der Waals surface area contributed by atoms with Crippen LogP contribution in [0.4, 0.5) is 4.39 Å². The zero-order valence-electron chi connectivity index (χ0n) is 9.93. The fourth-order valence-electron chi connectivity index (χ4n) is 1.60. The minimum absolute atomic E-state index is 0.271. The highest BCUT2D eigenvalue weighted by Gasteiger charge is 2.06. The van der Waals surface area contributed by atoms with Gasteiger partial charge in [0.05, 0.1) is 0 Å². The van der Waals surface area contributed by atoms with Crippen LogP contribution in [0.2, 0.25) is 0 Å². The van der Waals surface area contributed by atoms with E-state index in [9.17, 15) is 9.18 Å². The van der Waals surface area contributed by atoms with Gasteiger partial charge in [0.2, 0.25) is 5.95 Å². The second-order valence-corrected chi connectivity index (χ2v) is 3.82. The number of halogens is 1. The van der Waals surface area contributed by atoms with Gasteiger partial charge in [-0.15, -0.1) is 0 Å². The molecule has 0 atom stereocenters. The summed E-state index contributed by atoms with van der Waals surface area (Å²) in [7, 11) is 1.84. The van der Waals surface area contributed by atoms with Crippen LogP contribution in [-0.4, -0.2) is 27.2 Å². The number of pyridine rings is 1. The van der Waals surface area contributed by atoms with Gasteiger partial charge >= 0.3 is 0 Å². The molecule has 0 aliphatic heterocycles. The molecule has 6 heteroatoms. The standard InChI is InChI=1S/C12H13FN4O/c1-17-10(4-7-16-17)3-6-15-12(18)9-2-5-14-11(13)8-9/h2,4-5,7-8H,3,6H2,1H3,(H,15,18). The second kappa shape index (κ2) is 5.39. The Morgan fingerprint density at radius 2 is 2.28 bits per heavy atom. The van der Waals surface area contributed by atoms with E-state index in [1.807, 2.05) is 13.1 Å². The second-order valence-electron chi connectivity index (χ2n) is 3.82. The quantitative estimate of drug-likeness (QED) is 0.819. The van der Waals surface area contributed by atoms with Crippen molar-refractivity contribution in [2.24, 2.45) is 7.05 Å². The highest BCUT2D eigenvalue weighted by atomic mass is 19.1. The Morgan fingerprint density at radius 3 is 2.94 bits per heavy atom. The zero-order chi connectivity index (χ0) is 13.0. The van der Waals surface area contributed by atoms with Crippen molar-refractivity contribution < 1.29 is 9.18 Å². The van der Waals surface area contributed by atoms with Crippen molar-refractivity contribution in [1.82, 2.24) is 20.1 Å². The number of hydrogen-bond acceptors (Lipinski definition) is 3. The first-order valence-electron chi connectivity index (χ1n) is 5.53. The molecule has 2 aromatic heterocycles. The number of aryl methyl sites for hydroxylation is 1. The van der Waals surface area contributed by atoms with Crippen LogP contribution in [0.1, 0.15) is 16.1 Å². The molecule has 0 radical (unpaired) electrons. The van der Waals surface area contributed by atoms with Gasteiger partial charge in [0.15, 0.2) is 0 Å². The topological polar surface area (TPSA) is 59.8 Å². The average Bonchev–Trinajstić information content (AvgIpc) is 2.75. The highest BCUT2D eigenvalue weighted by Crippen LogP contribution is 2.01. The largest absolute Gasteiger partial charge is 0.352 e. The minimum atomic E-state index is -0.658. The van der Waals surface area contributed by atoms with Gasteiger partial charge in [-0.05, 0) is 12.1 Å². The SMILES string of the molecule is Cn1nccc1CCNC(=O)c1ccnc(F)c1. The first-order chi connectivity index (χ1) is 8.66. The van der Waals surface area contributed by atoms with E-state index in [0.717, 1.165) is 11.8 Å². The number of hydrogen-bond donors (Lipinski definition) is 1. The summed E-state index contributed by atoms with van der Waals surface area (Å²) in [6.07, 6.45) is 3.65. The molecule has 94 valence electrons. The molecule has 18 heavy (non-hydrogen) atoms. The van der Waals surface area contributed by atoms with Crippen molar-refractivity contribution in [2.75, 3.05) is 6.54 Å². The number of aromatic nitrogens is 3. The van der Waals surface area contributed by atoms with Crippen molar-refractivity contribution in [2.45, 2.75) is 6.42 Å². The van der Waals surface area contributed by atoms with Crippen LogP contribution in [0, 0.1) is 5.95 Å². The lowest BCUT2D eigenvalue weighted by Crippen LogP contribution is -2.26. The molecule has 5 nitrogen and oxygen atoms in total. The Labute approximate surface area is 104 Å². The molecule has 0 fully saturated rings. The number of nitrogens with one attached hydrogen (secondary N) is 1. The molecule has 0 bridgehead atoms. The van der Waals surface area contributed by atoms with Gasteiger partial charge in [0.1, 0.15) is 0 Å². The number of carbonyl (C=O) groups is 1. The van der Waals surface area contributed by atoms with Gasteiger partial charge < -0.3 is 5.32 Å². The summed E-state index contributed by atoms with van der Waals surface area (Å²) in [5.74, 6) is -0.965. The van der Waals surface area contributed by atoms with Crippen LogP contribution in [0.5, 0.6) is 0 Å². The van der Waals surface area contributed by atoms with Crippen LogP contribution in [0.15, 0.2) is 30.6 Å². The van der Waals surface area contributed by atoms with E-state index in [4.69, 9.17) is 0 Å². The monoisotopic (exact) mass is 248 g/mol. The molecule has 2 aromatic rings. The normalized spacial score (nSPS) is 10.3. The van der Waals surface area contributed by atoms with Crippen LogP contribution < -0.4 is 5.32 Å². The smallest absolute Gasteiger partial charge is 0.251 e. The maximum Gasteiger partial charge on any atom is 0.251 e. The van der Waals surface area contributed by atoms with Gasteiger partial charge in [0, 0.05) is 49.7 Å². The summed E-state index contributed by atoms with van der Waals surface area (Å²) in [5.41, 5.74) is 1.30. The first kappa shape index (κ1) is 12.2. The van der Waals surface area contributed by atoms with Crippen molar-refractivity contribution in [1.29, 1.82) is 0 Å². The van der Waals surface area contributed by atoms with E-state index in [1.54, 1.807) is 10.9 Å². The summed E-state index contributed by atoms with van der Waals surface area (Å²) in [5, 5.41) is 6.75. The van der Waals surface area contributed by atoms with Gasteiger partial charge in [-0.2, -0.15) is 9.49 Å². The van der Waals surface area contributed by atoms with Crippen molar-refractivity contribution >= 4 is 5.91 Å². The third kappa shape index (κ3) is 2.91. The Bertz CT molecular complexity index is 553. The zero-order valence-corrected chi connectivity index (χ0v) is 9.93. The summed E-state index contributed by atoms with van der Waals surface area (Å²) in [4.78, 5) is 15.1. The number of rotatable bonds is 4. The molecule has 0 aromatic carbocycles. The van der Waals surface area contributed by atoms with Gasteiger partial charge in [-0.25, -0.2) is 4.98 Å². The average molecular weight is 248 g/mol.